The summed E-state index contributed by atoms with van der Waals surface area (Å²) >= 11 is 0. The van der Waals surface area contributed by atoms with Crippen molar-refractivity contribution in [2.24, 2.45) is 11.7 Å². The average Bonchev–Trinajstić information content (AvgIpc) is 2.97. The van der Waals surface area contributed by atoms with Gasteiger partial charge in [0.15, 0.2) is 0 Å². The fraction of sp³-hybridized carbons (Fsp3) is 0.438. The first-order valence-corrected chi connectivity index (χ1v) is 7.37. The molecule has 22 heavy (non-hydrogen) atoms. The molecule has 3 rings (SSSR count). The standard InChI is InChI=1S/C16H20FN3O.ClH/c17-14-3-1-13(2-4-14)16-19-15(11-21-16)10-20-7-5-12(9-18)6-8-20;/h1-4,11-12H,5-10,18H2;1H. The van der Waals surface area contributed by atoms with Gasteiger partial charge in [-0.25, -0.2) is 9.37 Å². The van der Waals surface area contributed by atoms with Crippen molar-refractivity contribution in [1.29, 1.82) is 0 Å². The van der Waals surface area contributed by atoms with E-state index in [1.165, 1.54) is 12.1 Å². The Morgan fingerprint density at radius 1 is 1.23 bits per heavy atom. The Kier molecular flexibility index (Phi) is 5.94. The van der Waals surface area contributed by atoms with Crippen LogP contribution < -0.4 is 5.73 Å². The van der Waals surface area contributed by atoms with E-state index < -0.39 is 0 Å². The lowest BCUT2D eigenvalue weighted by atomic mass is 9.97. The van der Waals surface area contributed by atoms with Crippen LogP contribution in [0.1, 0.15) is 18.5 Å². The zero-order chi connectivity index (χ0) is 14.7. The molecule has 0 atom stereocenters. The highest BCUT2D eigenvalue weighted by Crippen LogP contribution is 2.21. The van der Waals surface area contributed by atoms with E-state index in [2.05, 4.69) is 9.88 Å². The third kappa shape index (κ3) is 4.06. The summed E-state index contributed by atoms with van der Waals surface area (Å²) in [7, 11) is 0. The van der Waals surface area contributed by atoms with Crippen LogP contribution in [0.4, 0.5) is 4.39 Å². The highest BCUT2D eigenvalue weighted by atomic mass is 35.5. The molecule has 0 aliphatic carbocycles. The minimum atomic E-state index is -0.256. The summed E-state index contributed by atoms with van der Waals surface area (Å²) in [6, 6.07) is 6.18. The number of hydrogen-bond acceptors (Lipinski definition) is 4. The second-order valence-corrected chi connectivity index (χ2v) is 5.61. The van der Waals surface area contributed by atoms with Crippen LogP contribution >= 0.6 is 12.4 Å². The zero-order valence-electron chi connectivity index (χ0n) is 12.4. The zero-order valence-corrected chi connectivity index (χ0v) is 13.2. The number of oxazole rings is 1. The van der Waals surface area contributed by atoms with Gasteiger partial charge in [-0.2, -0.15) is 0 Å². The lowest BCUT2D eigenvalue weighted by Crippen LogP contribution is -2.35. The number of halogens is 2. The van der Waals surface area contributed by atoms with Crippen molar-refractivity contribution in [3.05, 3.63) is 42.0 Å². The molecular weight excluding hydrogens is 305 g/mol. The van der Waals surface area contributed by atoms with E-state index >= 15 is 0 Å². The van der Waals surface area contributed by atoms with E-state index in [4.69, 9.17) is 10.2 Å². The number of benzene rings is 1. The average molecular weight is 326 g/mol. The lowest BCUT2D eigenvalue weighted by molar-refractivity contribution is 0.178. The van der Waals surface area contributed by atoms with E-state index in [0.29, 0.717) is 11.8 Å². The molecule has 0 spiro atoms. The van der Waals surface area contributed by atoms with Gasteiger partial charge in [0, 0.05) is 12.1 Å². The number of nitrogens with two attached hydrogens (primary N) is 1. The minimum absolute atomic E-state index is 0. The quantitative estimate of drug-likeness (QED) is 0.938. The van der Waals surface area contributed by atoms with Gasteiger partial charge in [0.05, 0.1) is 5.69 Å². The Bertz CT molecular complexity index is 579. The van der Waals surface area contributed by atoms with E-state index in [1.807, 2.05) is 0 Å². The molecule has 1 saturated heterocycles. The minimum Gasteiger partial charge on any atom is -0.444 e. The third-order valence-electron chi connectivity index (χ3n) is 4.07. The molecule has 1 aromatic heterocycles. The third-order valence-corrected chi connectivity index (χ3v) is 4.07. The first-order valence-electron chi connectivity index (χ1n) is 7.37. The van der Waals surface area contributed by atoms with Gasteiger partial charge in [-0.3, -0.25) is 4.90 Å². The van der Waals surface area contributed by atoms with Crippen molar-refractivity contribution >= 4 is 12.4 Å². The van der Waals surface area contributed by atoms with Crippen molar-refractivity contribution in [2.45, 2.75) is 19.4 Å². The van der Waals surface area contributed by atoms with Crippen LogP contribution in [-0.2, 0) is 6.54 Å². The first-order chi connectivity index (χ1) is 10.2. The summed E-state index contributed by atoms with van der Waals surface area (Å²) in [6.45, 7) is 3.69. The van der Waals surface area contributed by atoms with Crippen LogP contribution in [0.2, 0.25) is 0 Å². The van der Waals surface area contributed by atoms with Crippen LogP contribution in [0.5, 0.6) is 0 Å². The maximum atomic E-state index is 12.9. The van der Waals surface area contributed by atoms with Gasteiger partial charge < -0.3 is 10.2 Å². The van der Waals surface area contributed by atoms with Crippen molar-refractivity contribution < 1.29 is 8.81 Å². The Morgan fingerprint density at radius 3 is 2.55 bits per heavy atom. The molecule has 1 aromatic carbocycles. The molecular formula is C16H21ClFN3O. The molecule has 1 fully saturated rings. The number of likely N-dealkylation sites (tertiary alicyclic amines) is 1. The van der Waals surface area contributed by atoms with Gasteiger partial charge in [0.1, 0.15) is 12.1 Å². The lowest BCUT2D eigenvalue weighted by Gasteiger charge is -2.30. The van der Waals surface area contributed by atoms with Crippen LogP contribution in [0.15, 0.2) is 34.9 Å². The molecule has 0 saturated carbocycles. The van der Waals surface area contributed by atoms with E-state index in [0.717, 1.165) is 50.3 Å². The van der Waals surface area contributed by atoms with Crippen LogP contribution in [0, 0.1) is 11.7 Å². The first kappa shape index (κ1) is 16.9. The summed E-state index contributed by atoms with van der Waals surface area (Å²) in [4.78, 5) is 6.86. The number of aromatic nitrogens is 1. The molecule has 6 heteroatoms. The fourth-order valence-electron chi connectivity index (χ4n) is 2.71. The highest BCUT2D eigenvalue weighted by molar-refractivity contribution is 5.85. The Labute approximate surface area is 135 Å². The SMILES string of the molecule is Cl.NCC1CCN(Cc2coc(-c3ccc(F)cc3)n2)CC1. The van der Waals surface area contributed by atoms with Crippen LogP contribution in [0.3, 0.4) is 0 Å². The molecule has 0 amide bonds. The van der Waals surface area contributed by atoms with Crippen molar-refractivity contribution in [3.8, 4) is 11.5 Å². The number of hydrogen-bond donors (Lipinski definition) is 1. The van der Waals surface area contributed by atoms with Gasteiger partial charge in [-0.15, -0.1) is 12.4 Å². The molecule has 1 aliphatic heterocycles. The predicted molar refractivity (Wildman–Crippen MR) is 86.2 cm³/mol. The van der Waals surface area contributed by atoms with Crippen LogP contribution in [-0.4, -0.2) is 29.5 Å². The van der Waals surface area contributed by atoms with E-state index in [-0.39, 0.29) is 18.2 Å². The van der Waals surface area contributed by atoms with E-state index in [9.17, 15) is 4.39 Å². The normalized spacial score (nSPS) is 16.5. The topological polar surface area (TPSA) is 55.3 Å². The van der Waals surface area contributed by atoms with Gasteiger partial charge in [-0.05, 0) is 62.7 Å². The predicted octanol–water partition coefficient (Wildman–Crippen LogP) is 3.07. The molecule has 2 N–H and O–H groups in total. The summed E-state index contributed by atoms with van der Waals surface area (Å²) in [5.74, 6) is 0.948. The van der Waals surface area contributed by atoms with Crippen molar-refractivity contribution in [1.82, 2.24) is 9.88 Å². The summed E-state index contributed by atoms with van der Waals surface area (Å²) in [5.41, 5.74) is 7.42. The maximum Gasteiger partial charge on any atom is 0.226 e. The second kappa shape index (κ2) is 7.72. The Morgan fingerprint density at radius 2 is 1.91 bits per heavy atom. The molecule has 0 bridgehead atoms. The molecule has 2 aromatic rings. The summed E-state index contributed by atoms with van der Waals surface area (Å²) < 4.78 is 18.4. The van der Waals surface area contributed by atoms with Crippen molar-refractivity contribution in [2.75, 3.05) is 19.6 Å². The van der Waals surface area contributed by atoms with Gasteiger partial charge in [-0.1, -0.05) is 0 Å². The molecule has 0 radical (unpaired) electrons. The summed E-state index contributed by atoms with van der Waals surface area (Å²) in [6.07, 6.45) is 3.99. The molecule has 2 heterocycles. The van der Waals surface area contributed by atoms with Crippen LogP contribution in [0.25, 0.3) is 11.5 Å². The van der Waals surface area contributed by atoms with Crippen molar-refractivity contribution in [3.63, 3.8) is 0 Å². The molecule has 4 nitrogen and oxygen atoms in total. The Hall–Kier alpha value is -1.43. The largest absolute Gasteiger partial charge is 0.444 e. The molecule has 120 valence electrons. The monoisotopic (exact) mass is 325 g/mol. The van der Waals surface area contributed by atoms with Gasteiger partial charge in [0.2, 0.25) is 5.89 Å². The molecule has 1 aliphatic rings. The van der Waals surface area contributed by atoms with Gasteiger partial charge >= 0.3 is 0 Å². The second-order valence-electron chi connectivity index (χ2n) is 5.61. The Balaban J connectivity index is 0.00000176. The fourth-order valence-corrected chi connectivity index (χ4v) is 2.71. The highest BCUT2D eigenvalue weighted by Gasteiger charge is 2.19. The number of rotatable bonds is 4. The number of piperidine rings is 1. The summed E-state index contributed by atoms with van der Waals surface area (Å²) in [5, 5.41) is 0. The maximum absolute atomic E-state index is 12.9. The van der Waals surface area contributed by atoms with Gasteiger partial charge in [0.25, 0.3) is 0 Å². The molecule has 0 unspecified atom stereocenters. The number of nitrogens with zero attached hydrogens (tertiary/aromatic N) is 2. The smallest absolute Gasteiger partial charge is 0.226 e. The van der Waals surface area contributed by atoms with E-state index in [1.54, 1.807) is 18.4 Å².